The van der Waals surface area contributed by atoms with Gasteiger partial charge < -0.3 is 20.7 Å². The fourth-order valence-corrected chi connectivity index (χ4v) is 2.53. The quantitative estimate of drug-likeness (QED) is 0.291. The molecule has 0 aliphatic rings. The maximum atomic E-state index is 11.7. The number of halogens is 1. The monoisotopic (exact) mass is 476 g/mol. The molecule has 1 unspecified atom stereocenters. The van der Waals surface area contributed by atoms with Crippen LogP contribution in [-0.2, 0) is 11.3 Å². The van der Waals surface area contributed by atoms with Crippen LogP contribution in [0.4, 0.5) is 0 Å². The van der Waals surface area contributed by atoms with Crippen molar-refractivity contribution in [2.45, 2.75) is 39.8 Å². The summed E-state index contributed by atoms with van der Waals surface area (Å²) in [6.45, 7) is 8.50. The van der Waals surface area contributed by atoms with E-state index in [-0.39, 0.29) is 36.0 Å². The van der Waals surface area contributed by atoms with Crippen LogP contribution in [-0.4, -0.2) is 45.2 Å². The molecule has 0 spiro atoms. The van der Waals surface area contributed by atoms with Gasteiger partial charge in [-0.15, -0.1) is 24.0 Å². The molecule has 0 radical (unpaired) electrons. The Morgan fingerprint density at radius 2 is 2.00 bits per heavy atom. The Morgan fingerprint density at radius 1 is 1.27 bits per heavy atom. The van der Waals surface area contributed by atoms with E-state index in [4.69, 9.17) is 4.74 Å². The zero-order valence-electron chi connectivity index (χ0n) is 16.5. The minimum Gasteiger partial charge on any atom is -0.378 e. The topological polar surface area (TPSA) is 74.8 Å². The van der Waals surface area contributed by atoms with Crippen molar-refractivity contribution in [1.29, 1.82) is 0 Å². The summed E-state index contributed by atoms with van der Waals surface area (Å²) >= 11 is 0. The molecule has 148 valence electrons. The summed E-state index contributed by atoms with van der Waals surface area (Å²) in [5, 5.41) is 9.22. The molecule has 1 rings (SSSR count). The van der Waals surface area contributed by atoms with E-state index in [1.807, 2.05) is 25.1 Å². The largest absolute Gasteiger partial charge is 0.378 e. The first kappa shape index (κ1) is 24.7. The van der Waals surface area contributed by atoms with E-state index in [9.17, 15) is 4.79 Å². The lowest BCUT2D eigenvalue weighted by molar-refractivity contribution is 0.0258. The molecular formula is C19H33IN4O2. The van der Waals surface area contributed by atoms with Gasteiger partial charge in [-0.2, -0.15) is 0 Å². The molecule has 0 aliphatic heterocycles. The summed E-state index contributed by atoms with van der Waals surface area (Å²) in [4.78, 5) is 15.9. The number of hydrogen-bond donors (Lipinski definition) is 3. The molecule has 6 nitrogen and oxygen atoms in total. The molecule has 1 atom stereocenters. The Balaban J connectivity index is 0.00000625. The van der Waals surface area contributed by atoms with Crippen molar-refractivity contribution in [3.63, 3.8) is 0 Å². The Labute approximate surface area is 174 Å². The van der Waals surface area contributed by atoms with E-state index in [0.717, 1.165) is 31.1 Å². The van der Waals surface area contributed by atoms with Crippen molar-refractivity contribution in [1.82, 2.24) is 16.0 Å². The van der Waals surface area contributed by atoms with E-state index >= 15 is 0 Å². The number of benzene rings is 1. The summed E-state index contributed by atoms with van der Waals surface area (Å²) in [6.07, 6.45) is 1.18. The SMILES string of the molecule is CCOC(CCNC(=NC)NCc1cccc(C(=O)NC)c1)C(C)C.I. The van der Waals surface area contributed by atoms with Crippen molar-refractivity contribution < 1.29 is 9.53 Å². The van der Waals surface area contributed by atoms with Crippen molar-refractivity contribution >= 4 is 35.8 Å². The van der Waals surface area contributed by atoms with Gasteiger partial charge in [0, 0.05) is 39.4 Å². The molecule has 0 aromatic heterocycles. The fraction of sp³-hybridized carbons (Fsp3) is 0.579. The van der Waals surface area contributed by atoms with Gasteiger partial charge in [-0.05, 0) is 37.0 Å². The first-order valence-corrected chi connectivity index (χ1v) is 8.88. The van der Waals surface area contributed by atoms with Gasteiger partial charge in [0.25, 0.3) is 5.91 Å². The Kier molecular flexibility index (Phi) is 13.1. The molecule has 0 saturated carbocycles. The lowest BCUT2D eigenvalue weighted by atomic mass is 10.0. The highest BCUT2D eigenvalue weighted by Crippen LogP contribution is 2.10. The Hall–Kier alpha value is -1.35. The second kappa shape index (κ2) is 13.8. The molecule has 1 aromatic carbocycles. The minimum atomic E-state index is -0.0833. The smallest absolute Gasteiger partial charge is 0.251 e. The Bertz CT molecular complexity index is 564. The number of ether oxygens (including phenoxy) is 1. The van der Waals surface area contributed by atoms with E-state index in [0.29, 0.717) is 18.0 Å². The number of guanidine groups is 1. The van der Waals surface area contributed by atoms with Crippen LogP contribution >= 0.6 is 24.0 Å². The first-order chi connectivity index (χ1) is 12.0. The van der Waals surface area contributed by atoms with E-state index in [2.05, 4.69) is 34.8 Å². The standard InChI is InChI=1S/C19H32N4O2.HI/c1-6-25-17(14(2)3)10-11-22-19(21-5)23-13-15-8-7-9-16(12-15)18(24)20-4;/h7-9,12,14,17H,6,10-11,13H2,1-5H3,(H,20,24)(H2,21,22,23);1H. The molecule has 3 N–H and O–H groups in total. The highest BCUT2D eigenvalue weighted by molar-refractivity contribution is 14.0. The predicted octanol–water partition coefficient (Wildman–Crippen LogP) is 2.78. The summed E-state index contributed by atoms with van der Waals surface area (Å²) < 4.78 is 5.76. The molecule has 0 aliphatic carbocycles. The Morgan fingerprint density at radius 3 is 2.58 bits per heavy atom. The number of rotatable bonds is 9. The van der Waals surface area contributed by atoms with Crippen LogP contribution in [0.5, 0.6) is 0 Å². The fourth-order valence-electron chi connectivity index (χ4n) is 2.53. The predicted molar refractivity (Wildman–Crippen MR) is 118 cm³/mol. The average Bonchev–Trinajstić information content (AvgIpc) is 2.62. The number of aliphatic imine (C=N–C) groups is 1. The van der Waals surface area contributed by atoms with Gasteiger partial charge in [0.1, 0.15) is 0 Å². The van der Waals surface area contributed by atoms with Gasteiger partial charge in [-0.25, -0.2) is 0 Å². The van der Waals surface area contributed by atoms with Gasteiger partial charge in [0.2, 0.25) is 0 Å². The van der Waals surface area contributed by atoms with E-state index in [1.165, 1.54) is 0 Å². The van der Waals surface area contributed by atoms with Crippen LogP contribution in [0.15, 0.2) is 29.3 Å². The average molecular weight is 476 g/mol. The molecule has 0 fully saturated rings. The van der Waals surface area contributed by atoms with E-state index in [1.54, 1.807) is 20.2 Å². The van der Waals surface area contributed by atoms with Gasteiger partial charge in [0.15, 0.2) is 5.96 Å². The maximum absolute atomic E-state index is 11.7. The van der Waals surface area contributed by atoms with Crippen molar-refractivity contribution in [3.05, 3.63) is 35.4 Å². The number of carbonyl (C=O) groups is 1. The second-order valence-electron chi connectivity index (χ2n) is 6.16. The van der Waals surface area contributed by atoms with Gasteiger partial charge in [-0.1, -0.05) is 26.0 Å². The van der Waals surface area contributed by atoms with Crippen molar-refractivity contribution in [3.8, 4) is 0 Å². The number of carbonyl (C=O) groups excluding carboxylic acids is 1. The number of nitrogens with one attached hydrogen (secondary N) is 3. The minimum absolute atomic E-state index is 0. The summed E-state index contributed by atoms with van der Waals surface area (Å²) in [5.74, 6) is 1.15. The normalized spacial score (nSPS) is 12.3. The highest BCUT2D eigenvalue weighted by atomic mass is 127. The third-order valence-electron chi connectivity index (χ3n) is 3.95. The highest BCUT2D eigenvalue weighted by Gasteiger charge is 2.13. The number of amides is 1. The molecule has 0 heterocycles. The van der Waals surface area contributed by atoms with Crippen molar-refractivity contribution in [2.24, 2.45) is 10.9 Å². The third kappa shape index (κ3) is 8.84. The number of nitrogens with zero attached hydrogens (tertiary/aromatic N) is 1. The zero-order chi connectivity index (χ0) is 18.7. The molecule has 1 aromatic rings. The molecular weight excluding hydrogens is 443 g/mol. The van der Waals surface area contributed by atoms with Crippen LogP contribution < -0.4 is 16.0 Å². The van der Waals surface area contributed by atoms with Crippen LogP contribution in [0.25, 0.3) is 0 Å². The lowest BCUT2D eigenvalue weighted by Crippen LogP contribution is -2.39. The first-order valence-electron chi connectivity index (χ1n) is 8.88. The maximum Gasteiger partial charge on any atom is 0.251 e. The third-order valence-corrected chi connectivity index (χ3v) is 3.95. The van der Waals surface area contributed by atoms with Crippen LogP contribution in [0, 0.1) is 5.92 Å². The summed E-state index contributed by atoms with van der Waals surface area (Å²) in [6, 6.07) is 7.54. The van der Waals surface area contributed by atoms with Crippen LogP contribution in [0.2, 0.25) is 0 Å². The van der Waals surface area contributed by atoms with Gasteiger partial charge in [0.05, 0.1) is 6.10 Å². The molecule has 7 heteroatoms. The van der Waals surface area contributed by atoms with Crippen LogP contribution in [0.1, 0.15) is 43.1 Å². The molecule has 0 bridgehead atoms. The summed E-state index contributed by atoms with van der Waals surface area (Å²) in [5.41, 5.74) is 1.68. The number of hydrogen-bond acceptors (Lipinski definition) is 3. The summed E-state index contributed by atoms with van der Waals surface area (Å²) in [7, 11) is 3.38. The lowest BCUT2D eigenvalue weighted by Gasteiger charge is -2.21. The molecule has 26 heavy (non-hydrogen) atoms. The van der Waals surface area contributed by atoms with Crippen molar-refractivity contribution in [2.75, 3.05) is 27.2 Å². The molecule has 1 amide bonds. The van der Waals surface area contributed by atoms with Gasteiger partial charge >= 0.3 is 0 Å². The van der Waals surface area contributed by atoms with E-state index < -0.39 is 0 Å². The molecule has 0 saturated heterocycles. The zero-order valence-corrected chi connectivity index (χ0v) is 18.8. The second-order valence-corrected chi connectivity index (χ2v) is 6.16. The van der Waals surface area contributed by atoms with Crippen LogP contribution in [0.3, 0.4) is 0 Å². The van der Waals surface area contributed by atoms with Gasteiger partial charge in [-0.3, -0.25) is 9.79 Å².